The molecule has 0 spiro atoms. The lowest BCUT2D eigenvalue weighted by Gasteiger charge is -2.26. The molecule has 5 nitrogen and oxygen atoms in total. The minimum absolute atomic E-state index is 0.0960. The number of nitrogens with zero attached hydrogens (tertiary/aromatic N) is 5. The lowest BCUT2D eigenvalue weighted by molar-refractivity contribution is -0.473. The van der Waals surface area contributed by atoms with E-state index in [9.17, 15) is 0 Å². The first-order chi connectivity index (χ1) is 13.8. The van der Waals surface area contributed by atoms with Gasteiger partial charge in [-0.15, -0.1) is 10.2 Å². The fourth-order valence-corrected chi connectivity index (χ4v) is 4.09. The Kier molecular flexibility index (Phi) is 3.93. The highest BCUT2D eigenvalue weighted by Gasteiger charge is 2.54. The van der Waals surface area contributed by atoms with E-state index in [4.69, 9.17) is 10.2 Å². The lowest BCUT2D eigenvalue weighted by atomic mass is 10.0. The van der Waals surface area contributed by atoms with Crippen LogP contribution in [0.15, 0.2) is 95.3 Å². The summed E-state index contributed by atoms with van der Waals surface area (Å²) in [6.07, 6.45) is 8.38. The maximum atomic E-state index is 4.76. The largest absolute Gasteiger partial charge is 0.362 e. The maximum absolute atomic E-state index is 4.76. The molecule has 28 heavy (non-hydrogen) atoms. The van der Waals surface area contributed by atoms with Crippen molar-refractivity contribution < 1.29 is 4.58 Å². The number of rotatable bonds is 2. The van der Waals surface area contributed by atoms with Crippen molar-refractivity contribution in [1.82, 2.24) is 9.80 Å². The Bertz CT molecular complexity index is 1040. The summed E-state index contributed by atoms with van der Waals surface area (Å²) in [5.74, 6) is 1.10. The van der Waals surface area contributed by atoms with Gasteiger partial charge in [-0.25, -0.2) is 9.80 Å². The summed E-state index contributed by atoms with van der Waals surface area (Å²) in [6, 6.07) is 20.9. The molecule has 3 heterocycles. The number of guanidine groups is 1. The summed E-state index contributed by atoms with van der Waals surface area (Å²) in [7, 11) is 4.16. The van der Waals surface area contributed by atoms with Crippen LogP contribution in [0.5, 0.6) is 0 Å². The van der Waals surface area contributed by atoms with E-state index in [1.54, 1.807) is 0 Å². The predicted molar refractivity (Wildman–Crippen MR) is 111 cm³/mol. The normalized spacial score (nSPS) is 22.6. The summed E-state index contributed by atoms with van der Waals surface area (Å²) in [5.41, 5.74) is 4.19. The zero-order valence-corrected chi connectivity index (χ0v) is 16.0. The number of allylic oxidation sites excluding steroid dienone is 2. The van der Waals surface area contributed by atoms with E-state index < -0.39 is 0 Å². The van der Waals surface area contributed by atoms with Crippen LogP contribution in [0.3, 0.4) is 0 Å². The Morgan fingerprint density at radius 1 is 0.857 bits per heavy atom. The van der Waals surface area contributed by atoms with Gasteiger partial charge in [-0.05, 0) is 12.2 Å². The topological polar surface area (TPSA) is 34.2 Å². The van der Waals surface area contributed by atoms with E-state index >= 15 is 0 Å². The van der Waals surface area contributed by atoms with Gasteiger partial charge in [-0.3, -0.25) is 4.58 Å². The molecule has 1 fully saturated rings. The van der Waals surface area contributed by atoms with Crippen LogP contribution in [0.4, 0.5) is 0 Å². The van der Waals surface area contributed by atoms with Crippen molar-refractivity contribution in [2.24, 2.45) is 10.2 Å². The molecule has 2 aromatic carbocycles. The smallest absolute Gasteiger partial charge is 0.269 e. The minimum Gasteiger partial charge on any atom is -0.269 e. The first-order valence-electron chi connectivity index (χ1n) is 9.48. The summed E-state index contributed by atoms with van der Waals surface area (Å²) in [5, 5.41) is 9.49. The van der Waals surface area contributed by atoms with Crippen LogP contribution >= 0.6 is 0 Å². The zero-order valence-electron chi connectivity index (χ0n) is 16.0. The molecule has 0 amide bonds. The fraction of sp³-hybridized carbons (Fsp3) is 0.174. The first kappa shape index (κ1) is 16.7. The van der Waals surface area contributed by atoms with Gasteiger partial charge in [0.25, 0.3) is 0 Å². The number of fused-ring (bicyclic) bond motifs is 3. The average Bonchev–Trinajstić information content (AvgIpc) is 3.09. The van der Waals surface area contributed by atoms with Crippen LogP contribution in [0.25, 0.3) is 11.4 Å². The number of hydrogen-bond donors (Lipinski definition) is 0. The highest BCUT2D eigenvalue weighted by atomic mass is 15.5. The Hall–Kier alpha value is -3.47. The van der Waals surface area contributed by atoms with E-state index in [0.29, 0.717) is 0 Å². The van der Waals surface area contributed by atoms with Crippen LogP contribution in [0, 0.1) is 0 Å². The second-order valence-electron chi connectivity index (χ2n) is 7.25. The van der Waals surface area contributed by atoms with Gasteiger partial charge in [0.05, 0.1) is 20.3 Å². The Morgan fingerprint density at radius 3 is 2.21 bits per heavy atom. The lowest BCUT2D eigenvalue weighted by Crippen LogP contribution is -2.39. The van der Waals surface area contributed by atoms with Crippen molar-refractivity contribution in [3.05, 3.63) is 96.2 Å². The van der Waals surface area contributed by atoms with Crippen LogP contribution in [0.1, 0.15) is 11.1 Å². The molecular formula is C23H22N5+. The third-order valence-corrected chi connectivity index (χ3v) is 5.24. The van der Waals surface area contributed by atoms with Gasteiger partial charge in [-0.2, -0.15) is 0 Å². The fourth-order valence-electron chi connectivity index (χ4n) is 4.09. The van der Waals surface area contributed by atoms with Crippen LogP contribution < -0.4 is 0 Å². The molecule has 2 aromatic rings. The summed E-state index contributed by atoms with van der Waals surface area (Å²) >= 11 is 0. The Balaban J connectivity index is 1.78. The van der Waals surface area contributed by atoms with Crippen LogP contribution in [0.2, 0.25) is 0 Å². The molecule has 5 rings (SSSR count). The Labute approximate surface area is 164 Å². The molecule has 0 N–H and O–H groups in total. The van der Waals surface area contributed by atoms with Gasteiger partial charge < -0.3 is 0 Å². The van der Waals surface area contributed by atoms with Crippen molar-refractivity contribution in [3.63, 3.8) is 0 Å². The highest BCUT2D eigenvalue weighted by Crippen LogP contribution is 2.42. The van der Waals surface area contributed by atoms with Crippen LogP contribution in [-0.4, -0.2) is 46.6 Å². The monoisotopic (exact) mass is 368 g/mol. The number of hydrogen-bond acceptors (Lipinski definition) is 2. The predicted octanol–water partition coefficient (Wildman–Crippen LogP) is 4.00. The standard InChI is InChI=1S/C23H22N5/c1-26(2)23-27-16-10-9-15-19(27)22-25-24-20(17-11-5-3-6-12-17)21(28(22)23)18-13-7-4-8-14-18/h3-16,19,22H,1-2H3/q+1. The molecule has 0 bridgehead atoms. The second kappa shape index (κ2) is 6.60. The molecule has 0 radical (unpaired) electrons. The third kappa shape index (κ3) is 2.51. The molecule has 2 atom stereocenters. The summed E-state index contributed by atoms with van der Waals surface area (Å²) < 4.78 is 2.16. The first-order valence-corrected chi connectivity index (χ1v) is 9.48. The van der Waals surface area contributed by atoms with Crippen molar-refractivity contribution >= 4 is 17.4 Å². The van der Waals surface area contributed by atoms with E-state index in [2.05, 4.69) is 89.3 Å². The molecule has 5 heteroatoms. The second-order valence-corrected chi connectivity index (χ2v) is 7.25. The molecule has 3 aliphatic rings. The average molecular weight is 368 g/mol. The molecule has 0 aliphatic carbocycles. The van der Waals surface area contributed by atoms with E-state index in [0.717, 1.165) is 28.5 Å². The third-order valence-electron chi connectivity index (χ3n) is 5.24. The van der Waals surface area contributed by atoms with Gasteiger partial charge in [0, 0.05) is 11.1 Å². The van der Waals surface area contributed by atoms with Crippen molar-refractivity contribution in [2.75, 3.05) is 14.1 Å². The number of azo groups is 1. The van der Waals surface area contributed by atoms with Gasteiger partial charge in [-0.1, -0.05) is 66.7 Å². The van der Waals surface area contributed by atoms with Gasteiger partial charge in [0.2, 0.25) is 6.17 Å². The summed E-state index contributed by atoms with van der Waals surface area (Å²) in [6.45, 7) is 0. The van der Waals surface area contributed by atoms with E-state index in [-0.39, 0.29) is 12.2 Å². The Morgan fingerprint density at radius 2 is 1.54 bits per heavy atom. The molecule has 2 unspecified atom stereocenters. The van der Waals surface area contributed by atoms with Crippen molar-refractivity contribution in [3.8, 4) is 0 Å². The van der Waals surface area contributed by atoms with Crippen molar-refractivity contribution in [1.29, 1.82) is 0 Å². The van der Waals surface area contributed by atoms with Gasteiger partial charge in [0.15, 0.2) is 6.04 Å². The van der Waals surface area contributed by atoms with Crippen molar-refractivity contribution in [2.45, 2.75) is 12.2 Å². The minimum atomic E-state index is -0.0960. The zero-order chi connectivity index (χ0) is 19.1. The van der Waals surface area contributed by atoms with E-state index in [1.165, 1.54) is 0 Å². The van der Waals surface area contributed by atoms with Gasteiger partial charge in [0.1, 0.15) is 11.4 Å². The molecule has 0 aromatic heterocycles. The SMILES string of the molecule is C[N+](C)=C1N2C=CC=CC2C2N=NC(c3ccccc3)=C(c3ccccc3)N12. The van der Waals surface area contributed by atoms with Crippen LogP contribution in [-0.2, 0) is 0 Å². The molecule has 3 aliphatic heterocycles. The molecule has 0 saturated carbocycles. The number of benzene rings is 2. The van der Waals surface area contributed by atoms with E-state index in [1.807, 2.05) is 24.3 Å². The molecular weight excluding hydrogens is 346 g/mol. The van der Waals surface area contributed by atoms with Gasteiger partial charge >= 0.3 is 5.96 Å². The maximum Gasteiger partial charge on any atom is 0.362 e. The highest BCUT2D eigenvalue weighted by molar-refractivity contribution is 5.99. The molecule has 138 valence electrons. The molecule has 1 saturated heterocycles. The summed E-state index contributed by atoms with van der Waals surface area (Å²) in [4.78, 5) is 4.61. The quantitative estimate of drug-likeness (QED) is 0.751.